The Hall–Kier alpha value is -0.870. The fraction of sp³-hybridized carbons (Fsp3) is 0.850. The van der Waals surface area contributed by atoms with Crippen molar-refractivity contribution in [3.05, 3.63) is 12.2 Å². The Labute approximate surface area is 143 Å². The van der Waals surface area contributed by atoms with Gasteiger partial charge in [-0.25, -0.2) is 0 Å². The fourth-order valence-corrected chi connectivity index (χ4v) is 6.60. The van der Waals surface area contributed by atoms with E-state index in [0.717, 1.165) is 61.9 Å². The summed E-state index contributed by atoms with van der Waals surface area (Å²) in [4.78, 5) is 12.7. The molecule has 24 heavy (non-hydrogen) atoms. The number of allylic oxidation sites excluding steroid dienone is 2. The van der Waals surface area contributed by atoms with Crippen LogP contribution in [0, 0.1) is 41.4 Å². The molecule has 5 rings (SSSR count). The van der Waals surface area contributed by atoms with Crippen LogP contribution < -0.4 is 0 Å². The number of ether oxygens (including phenoxy) is 3. The molecule has 0 N–H and O–H groups in total. The normalized spacial score (nSPS) is 49.4. The van der Waals surface area contributed by atoms with Gasteiger partial charge in [0.15, 0.2) is 6.29 Å². The standard InChI is InChI=1S/C20H28O4/c1-11(23-17-4-2-3-7-22-17)24-20(21)16-10-14-9-15(16)19-13-6-5-12(8-13)18(14)19/h5-6,11-19H,2-4,7-10H2,1H3. The van der Waals surface area contributed by atoms with Gasteiger partial charge in [0.25, 0.3) is 0 Å². The lowest BCUT2D eigenvalue weighted by Gasteiger charge is -2.36. The van der Waals surface area contributed by atoms with Crippen LogP contribution in [0.1, 0.15) is 45.4 Å². The van der Waals surface area contributed by atoms with Crippen LogP contribution in [-0.4, -0.2) is 25.2 Å². The number of hydrogen-bond acceptors (Lipinski definition) is 4. The van der Waals surface area contributed by atoms with Gasteiger partial charge in [-0.05, 0) is 81.0 Å². The zero-order valence-electron chi connectivity index (χ0n) is 14.4. The van der Waals surface area contributed by atoms with Crippen LogP contribution in [0.15, 0.2) is 12.2 Å². The Balaban J connectivity index is 1.19. The number of rotatable bonds is 4. The molecule has 9 unspecified atom stereocenters. The van der Waals surface area contributed by atoms with Crippen molar-refractivity contribution >= 4 is 5.97 Å². The molecule has 0 radical (unpaired) electrons. The summed E-state index contributed by atoms with van der Waals surface area (Å²) in [6.07, 6.45) is 10.9. The number of hydrogen-bond donors (Lipinski definition) is 0. The lowest BCUT2D eigenvalue weighted by Crippen LogP contribution is -2.37. The zero-order chi connectivity index (χ0) is 16.3. The summed E-state index contributed by atoms with van der Waals surface area (Å²) in [6.45, 7) is 2.57. The zero-order valence-corrected chi connectivity index (χ0v) is 14.4. The topological polar surface area (TPSA) is 44.8 Å². The first-order chi connectivity index (χ1) is 11.7. The van der Waals surface area contributed by atoms with Crippen molar-refractivity contribution in [2.45, 2.75) is 58.0 Å². The summed E-state index contributed by atoms with van der Waals surface area (Å²) < 4.78 is 17.0. The van der Waals surface area contributed by atoms with Crippen molar-refractivity contribution in [1.82, 2.24) is 0 Å². The smallest absolute Gasteiger partial charge is 0.311 e. The van der Waals surface area contributed by atoms with Crippen molar-refractivity contribution in [3.63, 3.8) is 0 Å². The van der Waals surface area contributed by atoms with E-state index in [4.69, 9.17) is 14.2 Å². The van der Waals surface area contributed by atoms with Crippen molar-refractivity contribution in [2.75, 3.05) is 6.61 Å². The first-order valence-corrected chi connectivity index (χ1v) is 9.86. The van der Waals surface area contributed by atoms with Gasteiger partial charge in [0.2, 0.25) is 6.29 Å². The van der Waals surface area contributed by atoms with E-state index in [2.05, 4.69) is 12.2 Å². The second kappa shape index (κ2) is 5.84. The predicted octanol–water partition coefficient (Wildman–Crippen LogP) is 3.51. The highest BCUT2D eigenvalue weighted by atomic mass is 16.8. The number of esters is 1. The van der Waals surface area contributed by atoms with E-state index in [-0.39, 0.29) is 18.2 Å². The molecule has 3 saturated carbocycles. The van der Waals surface area contributed by atoms with Gasteiger partial charge in [0.1, 0.15) is 0 Å². The molecule has 0 aromatic carbocycles. The van der Waals surface area contributed by atoms with Gasteiger partial charge in [-0.3, -0.25) is 4.79 Å². The summed E-state index contributed by atoms with van der Waals surface area (Å²) in [5.41, 5.74) is 0. The summed E-state index contributed by atoms with van der Waals surface area (Å²) in [5, 5.41) is 0. The summed E-state index contributed by atoms with van der Waals surface area (Å²) >= 11 is 0. The minimum atomic E-state index is -0.504. The molecule has 0 amide bonds. The van der Waals surface area contributed by atoms with E-state index in [0.29, 0.717) is 5.92 Å². The Bertz CT molecular complexity index is 538. The molecule has 132 valence electrons. The molecule has 5 aliphatic rings. The number of carbonyl (C=O) groups excluding carboxylic acids is 1. The van der Waals surface area contributed by atoms with Crippen molar-refractivity contribution in [1.29, 1.82) is 0 Å². The molecule has 1 heterocycles. The van der Waals surface area contributed by atoms with Gasteiger partial charge >= 0.3 is 5.97 Å². The van der Waals surface area contributed by atoms with Crippen molar-refractivity contribution in [2.24, 2.45) is 41.4 Å². The Kier molecular flexibility index (Phi) is 3.75. The molecule has 0 spiro atoms. The van der Waals surface area contributed by atoms with E-state index in [1.54, 1.807) is 0 Å². The minimum absolute atomic E-state index is 0.0315. The summed E-state index contributed by atoms with van der Waals surface area (Å²) in [5.74, 6) is 4.50. The van der Waals surface area contributed by atoms with Crippen LogP contribution in [0.4, 0.5) is 0 Å². The number of fused-ring (bicyclic) bond motifs is 9. The van der Waals surface area contributed by atoms with Gasteiger partial charge in [0.05, 0.1) is 5.92 Å². The van der Waals surface area contributed by atoms with Crippen LogP contribution >= 0.6 is 0 Å². The van der Waals surface area contributed by atoms with Crippen molar-refractivity contribution in [3.8, 4) is 0 Å². The molecule has 4 bridgehead atoms. The average molecular weight is 332 g/mol. The fourth-order valence-electron chi connectivity index (χ4n) is 6.60. The second-order valence-corrected chi connectivity index (χ2v) is 8.54. The maximum absolute atomic E-state index is 12.7. The van der Waals surface area contributed by atoms with Gasteiger partial charge in [-0.1, -0.05) is 12.2 Å². The van der Waals surface area contributed by atoms with Gasteiger partial charge in [-0.15, -0.1) is 0 Å². The van der Waals surface area contributed by atoms with E-state index >= 15 is 0 Å². The minimum Gasteiger partial charge on any atom is -0.436 e. The lowest BCUT2D eigenvalue weighted by molar-refractivity contribution is -0.247. The molecule has 4 nitrogen and oxygen atoms in total. The molecule has 9 atom stereocenters. The Morgan fingerprint density at radius 2 is 1.96 bits per heavy atom. The molecule has 4 aliphatic carbocycles. The Morgan fingerprint density at radius 1 is 1.12 bits per heavy atom. The SMILES string of the molecule is CC(OC(=O)C1CC2CC1C1C3C=CC(C3)C21)OC1CCCCO1. The van der Waals surface area contributed by atoms with E-state index in [1.165, 1.54) is 12.8 Å². The highest BCUT2D eigenvalue weighted by Crippen LogP contribution is 2.67. The first-order valence-electron chi connectivity index (χ1n) is 9.86. The lowest BCUT2D eigenvalue weighted by atomic mass is 9.69. The maximum atomic E-state index is 12.7. The molecule has 4 fully saturated rings. The van der Waals surface area contributed by atoms with Gasteiger partial charge in [0, 0.05) is 6.61 Å². The van der Waals surface area contributed by atoms with E-state index in [1.807, 2.05) is 6.92 Å². The van der Waals surface area contributed by atoms with Crippen LogP contribution in [0.2, 0.25) is 0 Å². The molecule has 1 aliphatic heterocycles. The van der Waals surface area contributed by atoms with Crippen LogP contribution in [0.25, 0.3) is 0 Å². The third-order valence-corrected chi connectivity index (χ3v) is 7.34. The molecule has 0 aromatic heterocycles. The highest BCUT2D eigenvalue weighted by molar-refractivity contribution is 5.73. The van der Waals surface area contributed by atoms with Crippen LogP contribution in [-0.2, 0) is 19.0 Å². The quantitative estimate of drug-likeness (QED) is 0.342. The predicted molar refractivity (Wildman–Crippen MR) is 87.7 cm³/mol. The molecular formula is C20H28O4. The van der Waals surface area contributed by atoms with Crippen LogP contribution in [0.5, 0.6) is 0 Å². The van der Waals surface area contributed by atoms with Gasteiger partial charge in [-0.2, -0.15) is 0 Å². The third-order valence-electron chi connectivity index (χ3n) is 7.34. The second-order valence-electron chi connectivity index (χ2n) is 8.54. The third kappa shape index (κ3) is 2.37. The molecule has 1 saturated heterocycles. The van der Waals surface area contributed by atoms with Crippen LogP contribution in [0.3, 0.4) is 0 Å². The average Bonchev–Trinajstić information content (AvgIpc) is 3.34. The summed E-state index contributed by atoms with van der Waals surface area (Å²) in [7, 11) is 0. The first kappa shape index (κ1) is 15.4. The molecular weight excluding hydrogens is 304 g/mol. The highest BCUT2D eigenvalue weighted by Gasteiger charge is 2.62. The maximum Gasteiger partial charge on any atom is 0.311 e. The number of carbonyl (C=O) groups is 1. The van der Waals surface area contributed by atoms with Gasteiger partial charge < -0.3 is 14.2 Å². The molecule has 4 heteroatoms. The Morgan fingerprint density at radius 3 is 2.75 bits per heavy atom. The summed E-state index contributed by atoms with van der Waals surface area (Å²) in [6, 6.07) is 0. The largest absolute Gasteiger partial charge is 0.436 e. The molecule has 0 aromatic rings. The van der Waals surface area contributed by atoms with Crippen molar-refractivity contribution < 1.29 is 19.0 Å². The monoisotopic (exact) mass is 332 g/mol. The van der Waals surface area contributed by atoms with E-state index in [9.17, 15) is 4.79 Å². The van der Waals surface area contributed by atoms with E-state index < -0.39 is 6.29 Å².